The highest BCUT2D eigenvalue weighted by atomic mass is 16.2. The van der Waals surface area contributed by atoms with Gasteiger partial charge in [-0.3, -0.25) is 4.79 Å². The number of hydrogen-bond donors (Lipinski definition) is 2. The van der Waals surface area contributed by atoms with Gasteiger partial charge in [-0.1, -0.05) is 17.7 Å². The van der Waals surface area contributed by atoms with E-state index in [-0.39, 0.29) is 11.8 Å². The van der Waals surface area contributed by atoms with E-state index in [0.29, 0.717) is 17.2 Å². The zero-order valence-electron chi connectivity index (χ0n) is 11.2. The topological polar surface area (TPSA) is 58.2 Å². The Balaban J connectivity index is 1.92. The fourth-order valence-electron chi connectivity index (χ4n) is 1.82. The Morgan fingerprint density at radius 3 is 2.63 bits per heavy atom. The summed E-state index contributed by atoms with van der Waals surface area (Å²) >= 11 is 0. The molecule has 0 heterocycles. The van der Waals surface area contributed by atoms with E-state index in [9.17, 15) is 9.59 Å². The zero-order chi connectivity index (χ0) is 13.8. The lowest BCUT2D eigenvalue weighted by molar-refractivity contribution is 0.101. The largest absolute Gasteiger partial charge is 0.323 e. The fraction of sp³-hybridized carbons (Fsp3) is 0.333. The first-order chi connectivity index (χ1) is 9.06. The molecular formula is C15H18N2O2. The lowest BCUT2D eigenvalue weighted by Crippen LogP contribution is -2.24. The third-order valence-corrected chi connectivity index (χ3v) is 3.18. The van der Waals surface area contributed by atoms with Crippen LogP contribution in [0.25, 0.3) is 0 Å². The van der Waals surface area contributed by atoms with Crippen molar-refractivity contribution in [2.45, 2.75) is 26.7 Å². The van der Waals surface area contributed by atoms with E-state index in [1.807, 2.05) is 6.92 Å². The molecule has 0 spiro atoms. The molecule has 1 aliphatic carbocycles. The highest BCUT2D eigenvalue weighted by Gasteiger charge is 2.22. The average molecular weight is 258 g/mol. The molecule has 4 heteroatoms. The van der Waals surface area contributed by atoms with Crippen LogP contribution in [0.4, 0.5) is 10.5 Å². The lowest BCUT2D eigenvalue weighted by Gasteiger charge is -2.06. The van der Waals surface area contributed by atoms with Crippen LogP contribution < -0.4 is 10.6 Å². The summed E-state index contributed by atoms with van der Waals surface area (Å²) in [7, 11) is 0. The van der Waals surface area contributed by atoms with Gasteiger partial charge in [0.15, 0.2) is 5.78 Å². The van der Waals surface area contributed by atoms with E-state index < -0.39 is 0 Å². The number of carbonyl (C=O) groups is 2. The maximum Gasteiger partial charge on any atom is 0.323 e. The monoisotopic (exact) mass is 258 g/mol. The van der Waals surface area contributed by atoms with Crippen molar-refractivity contribution >= 4 is 17.5 Å². The Morgan fingerprint density at radius 1 is 1.26 bits per heavy atom. The number of nitrogens with one attached hydrogen (secondary N) is 2. The van der Waals surface area contributed by atoms with Gasteiger partial charge < -0.3 is 10.6 Å². The first-order valence-electron chi connectivity index (χ1n) is 6.41. The molecular weight excluding hydrogens is 240 g/mol. The molecule has 0 bridgehead atoms. The first kappa shape index (κ1) is 13.3. The van der Waals surface area contributed by atoms with Crippen molar-refractivity contribution in [3.05, 3.63) is 41.6 Å². The smallest absolute Gasteiger partial charge is 0.314 e. The molecule has 1 aromatic carbocycles. The van der Waals surface area contributed by atoms with Crippen LogP contribution in [0, 0.1) is 5.92 Å². The number of anilines is 1. The number of Topliss-reactive ketones (excluding diaryl/α,β-unsaturated/α-hetero) is 1. The molecule has 0 unspecified atom stereocenters. The lowest BCUT2D eigenvalue weighted by atomic mass is 10.1. The number of ketones is 1. The summed E-state index contributed by atoms with van der Waals surface area (Å²) in [6, 6.07) is 6.60. The second-order valence-electron chi connectivity index (χ2n) is 4.90. The molecule has 0 aliphatic heterocycles. The van der Waals surface area contributed by atoms with E-state index >= 15 is 0 Å². The van der Waals surface area contributed by atoms with Crippen molar-refractivity contribution in [1.29, 1.82) is 0 Å². The molecule has 0 radical (unpaired) electrons. The summed E-state index contributed by atoms with van der Waals surface area (Å²) in [5.41, 5.74) is 2.40. The second-order valence-corrected chi connectivity index (χ2v) is 4.90. The summed E-state index contributed by atoms with van der Waals surface area (Å²) < 4.78 is 0. The van der Waals surface area contributed by atoms with E-state index in [0.717, 1.165) is 0 Å². The van der Waals surface area contributed by atoms with Crippen molar-refractivity contribution in [3.63, 3.8) is 0 Å². The van der Waals surface area contributed by atoms with E-state index in [2.05, 4.69) is 10.6 Å². The number of benzene rings is 1. The Bertz CT molecular complexity index is 531. The van der Waals surface area contributed by atoms with Gasteiger partial charge in [-0.05, 0) is 44.7 Å². The van der Waals surface area contributed by atoms with E-state index in [4.69, 9.17) is 0 Å². The third-order valence-electron chi connectivity index (χ3n) is 3.18. The molecule has 19 heavy (non-hydrogen) atoms. The number of hydrogen-bond acceptors (Lipinski definition) is 2. The van der Waals surface area contributed by atoms with Crippen molar-refractivity contribution in [1.82, 2.24) is 5.32 Å². The van der Waals surface area contributed by atoms with Gasteiger partial charge in [0.05, 0.1) is 0 Å². The zero-order valence-corrected chi connectivity index (χ0v) is 11.2. The van der Waals surface area contributed by atoms with Crippen LogP contribution in [0.2, 0.25) is 0 Å². The molecule has 1 fully saturated rings. The molecule has 1 aliphatic rings. The predicted octanol–water partition coefficient (Wildman–Crippen LogP) is 3.32. The highest BCUT2D eigenvalue weighted by molar-refractivity contribution is 5.96. The third kappa shape index (κ3) is 3.95. The van der Waals surface area contributed by atoms with Crippen LogP contribution in [0.1, 0.15) is 37.0 Å². The van der Waals surface area contributed by atoms with E-state index in [1.54, 1.807) is 30.5 Å². The Kier molecular flexibility index (Phi) is 4.00. The van der Waals surface area contributed by atoms with Crippen LogP contribution in [0.5, 0.6) is 0 Å². The SMILES string of the molecule is CC(=O)c1cccc(NC(=O)N/C=C(\C)C2CC2)c1. The minimum absolute atomic E-state index is 0.0199. The number of allylic oxidation sites excluding steroid dienone is 1. The fourth-order valence-corrected chi connectivity index (χ4v) is 1.82. The number of carbonyl (C=O) groups excluding carboxylic acids is 2. The highest BCUT2D eigenvalue weighted by Crippen LogP contribution is 2.35. The summed E-state index contributed by atoms with van der Waals surface area (Å²) in [4.78, 5) is 22.9. The summed E-state index contributed by atoms with van der Waals surface area (Å²) in [6.45, 7) is 3.52. The van der Waals surface area contributed by atoms with Gasteiger partial charge in [-0.25, -0.2) is 4.79 Å². The maximum atomic E-state index is 11.7. The van der Waals surface area contributed by atoms with Crippen molar-refractivity contribution < 1.29 is 9.59 Å². The van der Waals surface area contributed by atoms with Crippen molar-refractivity contribution in [2.75, 3.05) is 5.32 Å². The van der Waals surface area contributed by atoms with Gasteiger partial charge in [-0.2, -0.15) is 0 Å². The number of urea groups is 1. The molecule has 4 nitrogen and oxygen atoms in total. The van der Waals surface area contributed by atoms with Crippen LogP contribution in [-0.4, -0.2) is 11.8 Å². The predicted molar refractivity (Wildman–Crippen MR) is 75.1 cm³/mol. The molecule has 2 rings (SSSR count). The first-order valence-corrected chi connectivity index (χ1v) is 6.41. The molecule has 0 saturated heterocycles. The Hall–Kier alpha value is -2.10. The van der Waals surface area contributed by atoms with Crippen molar-refractivity contribution in [3.8, 4) is 0 Å². The Labute approximate surface area is 112 Å². The molecule has 100 valence electrons. The molecule has 1 aromatic rings. The molecule has 0 atom stereocenters. The number of rotatable bonds is 4. The minimum atomic E-state index is -0.291. The van der Waals surface area contributed by atoms with E-state index in [1.165, 1.54) is 25.3 Å². The average Bonchev–Trinajstić information content (AvgIpc) is 3.20. The maximum absolute atomic E-state index is 11.7. The Morgan fingerprint density at radius 2 is 2.00 bits per heavy atom. The van der Waals surface area contributed by atoms with Crippen LogP contribution in [-0.2, 0) is 0 Å². The van der Waals surface area contributed by atoms with Crippen LogP contribution in [0.15, 0.2) is 36.0 Å². The van der Waals surface area contributed by atoms with Gasteiger partial charge in [0, 0.05) is 17.5 Å². The number of amides is 2. The van der Waals surface area contributed by atoms with Crippen molar-refractivity contribution in [2.24, 2.45) is 5.92 Å². The second kappa shape index (κ2) is 5.69. The van der Waals surface area contributed by atoms with Gasteiger partial charge in [0.25, 0.3) is 0 Å². The standard InChI is InChI=1S/C15H18N2O2/c1-10(12-6-7-12)9-16-15(19)17-14-5-3-4-13(8-14)11(2)18/h3-5,8-9,12H,6-7H2,1-2H3,(H2,16,17,19)/b10-9+. The van der Waals surface area contributed by atoms with Gasteiger partial charge in [0.2, 0.25) is 0 Å². The minimum Gasteiger partial charge on any atom is -0.314 e. The van der Waals surface area contributed by atoms with Gasteiger partial charge >= 0.3 is 6.03 Å². The summed E-state index contributed by atoms with van der Waals surface area (Å²) in [6.07, 6.45) is 4.18. The van der Waals surface area contributed by atoms with Gasteiger partial charge in [-0.15, -0.1) is 0 Å². The summed E-state index contributed by atoms with van der Waals surface area (Å²) in [5.74, 6) is 0.620. The normalized spacial score (nSPS) is 14.9. The molecule has 1 saturated carbocycles. The van der Waals surface area contributed by atoms with Crippen LogP contribution >= 0.6 is 0 Å². The molecule has 2 amide bonds. The quantitative estimate of drug-likeness (QED) is 0.814. The molecule has 2 N–H and O–H groups in total. The molecule has 0 aromatic heterocycles. The van der Waals surface area contributed by atoms with Gasteiger partial charge in [0.1, 0.15) is 0 Å². The summed E-state index contributed by atoms with van der Waals surface area (Å²) in [5, 5.41) is 5.41. The van der Waals surface area contributed by atoms with Crippen LogP contribution in [0.3, 0.4) is 0 Å².